The third-order valence-electron chi connectivity index (χ3n) is 6.14. The number of pyridine rings is 2. The third-order valence-corrected chi connectivity index (χ3v) is 7.23. The van der Waals surface area contributed by atoms with Crippen molar-refractivity contribution in [3.05, 3.63) is 116 Å². The van der Waals surface area contributed by atoms with Gasteiger partial charge in [-0.1, -0.05) is 36.4 Å². The molecule has 4 aromatic heterocycles. The van der Waals surface area contributed by atoms with Crippen LogP contribution < -0.4 is 14.4 Å². The highest BCUT2D eigenvalue weighted by atomic mass is 32.1. The molecule has 42 heavy (non-hydrogen) atoms. The van der Waals surface area contributed by atoms with Crippen molar-refractivity contribution in [2.45, 2.75) is 0 Å². The van der Waals surface area contributed by atoms with Crippen molar-refractivity contribution in [2.24, 2.45) is 0 Å². The highest BCUT2D eigenvalue weighted by Gasteiger charge is 2.17. The van der Waals surface area contributed by atoms with Gasteiger partial charge in [0, 0.05) is 42.0 Å². The average molecular weight is 572 g/mol. The number of hydrogen-bond donors (Lipinski definition) is 0. The van der Waals surface area contributed by atoms with Crippen LogP contribution in [0.15, 0.2) is 116 Å². The standard InChI is InChI=1S/C32H21N5O4S/c38-20-40-24-13-15-33-27(17-24)28-18-25(41-21-39)19-29(35-28)32-34-16-14-26(36-32)30-11-12-31(42-30)37(22-7-3-1-4-8-22)23-9-5-2-6-10-23/h1-21H. The first-order chi connectivity index (χ1) is 20.7. The zero-order valence-corrected chi connectivity index (χ0v) is 22.7. The molecule has 4 heterocycles. The Hall–Kier alpha value is -5.74. The van der Waals surface area contributed by atoms with Gasteiger partial charge in [0.1, 0.15) is 22.2 Å². The van der Waals surface area contributed by atoms with Gasteiger partial charge in [-0.15, -0.1) is 11.3 Å². The molecule has 0 N–H and O–H groups in total. The van der Waals surface area contributed by atoms with Gasteiger partial charge in [0.15, 0.2) is 5.82 Å². The molecule has 0 saturated carbocycles. The zero-order chi connectivity index (χ0) is 28.7. The van der Waals surface area contributed by atoms with E-state index in [1.165, 1.54) is 6.20 Å². The lowest BCUT2D eigenvalue weighted by Gasteiger charge is -2.23. The van der Waals surface area contributed by atoms with Crippen LogP contribution in [0.25, 0.3) is 33.5 Å². The predicted molar refractivity (Wildman–Crippen MR) is 160 cm³/mol. The summed E-state index contributed by atoms with van der Waals surface area (Å²) in [5, 5.41) is 1.02. The van der Waals surface area contributed by atoms with Crippen molar-refractivity contribution in [1.82, 2.24) is 19.9 Å². The van der Waals surface area contributed by atoms with Crippen LogP contribution in [0.2, 0.25) is 0 Å². The Balaban J connectivity index is 1.37. The number of hydrogen-bond acceptors (Lipinski definition) is 10. The van der Waals surface area contributed by atoms with Gasteiger partial charge in [0.2, 0.25) is 0 Å². The molecular formula is C32H21N5O4S. The van der Waals surface area contributed by atoms with E-state index >= 15 is 0 Å². The summed E-state index contributed by atoms with van der Waals surface area (Å²) >= 11 is 1.60. The lowest BCUT2D eigenvalue weighted by molar-refractivity contribution is -0.121. The summed E-state index contributed by atoms with van der Waals surface area (Å²) in [6.07, 6.45) is 3.15. The molecule has 0 aliphatic rings. The van der Waals surface area contributed by atoms with E-state index in [9.17, 15) is 9.59 Å². The van der Waals surface area contributed by atoms with Gasteiger partial charge in [-0.25, -0.2) is 15.0 Å². The fourth-order valence-corrected chi connectivity index (χ4v) is 5.34. The smallest absolute Gasteiger partial charge is 0.298 e. The fourth-order valence-electron chi connectivity index (χ4n) is 4.32. The number of thiophene rings is 1. The van der Waals surface area contributed by atoms with Crippen molar-refractivity contribution in [1.29, 1.82) is 0 Å². The van der Waals surface area contributed by atoms with E-state index in [2.05, 4.69) is 50.2 Å². The number of para-hydroxylation sites is 2. The summed E-state index contributed by atoms with van der Waals surface area (Å²) in [6, 6.07) is 32.5. The van der Waals surface area contributed by atoms with Gasteiger partial charge >= 0.3 is 0 Å². The molecule has 0 spiro atoms. The molecule has 0 unspecified atom stereocenters. The van der Waals surface area contributed by atoms with Gasteiger partial charge in [-0.3, -0.25) is 14.6 Å². The Kier molecular flexibility index (Phi) is 7.69. The van der Waals surface area contributed by atoms with Crippen LogP contribution in [-0.2, 0) is 9.59 Å². The van der Waals surface area contributed by atoms with Gasteiger partial charge in [0.25, 0.3) is 12.9 Å². The molecule has 6 aromatic rings. The molecule has 0 aliphatic carbocycles. The lowest BCUT2D eigenvalue weighted by atomic mass is 10.2. The maximum absolute atomic E-state index is 11.2. The number of benzene rings is 2. The van der Waals surface area contributed by atoms with Crippen molar-refractivity contribution >= 4 is 40.7 Å². The number of carbonyl (C=O) groups is 2. The summed E-state index contributed by atoms with van der Waals surface area (Å²) in [5.41, 5.74) is 3.96. The topological polar surface area (TPSA) is 107 Å². The van der Waals surface area contributed by atoms with Crippen LogP contribution >= 0.6 is 11.3 Å². The van der Waals surface area contributed by atoms with E-state index in [4.69, 9.17) is 14.5 Å². The first-order valence-corrected chi connectivity index (χ1v) is 13.6. The second kappa shape index (κ2) is 12.2. The Bertz CT molecular complexity index is 1810. The molecule has 0 amide bonds. The van der Waals surface area contributed by atoms with Crippen LogP contribution in [0, 0.1) is 0 Å². The zero-order valence-electron chi connectivity index (χ0n) is 21.9. The number of rotatable bonds is 10. The maximum atomic E-state index is 11.2. The van der Waals surface area contributed by atoms with Crippen molar-refractivity contribution in [3.63, 3.8) is 0 Å². The number of anilines is 3. The molecule has 204 valence electrons. The largest absolute Gasteiger partial charge is 0.429 e. The number of ether oxygens (including phenoxy) is 2. The SMILES string of the molecule is O=COc1ccnc(-c2cc(OC=O)cc(-c3nccc(-c4ccc(N(c5ccccc5)c5ccccc5)s4)n3)n2)c1. The predicted octanol–water partition coefficient (Wildman–Crippen LogP) is 6.87. The molecule has 2 aromatic carbocycles. The summed E-state index contributed by atoms with van der Waals surface area (Å²) in [4.78, 5) is 43.3. The lowest BCUT2D eigenvalue weighted by Crippen LogP contribution is -2.07. The Morgan fingerprint density at radius 1 is 0.595 bits per heavy atom. The van der Waals surface area contributed by atoms with E-state index in [1.807, 2.05) is 48.5 Å². The third kappa shape index (κ3) is 5.74. The average Bonchev–Trinajstić information content (AvgIpc) is 3.52. The first kappa shape index (κ1) is 26.5. The van der Waals surface area contributed by atoms with Gasteiger partial charge in [0.05, 0.1) is 22.0 Å². The van der Waals surface area contributed by atoms with Crippen molar-refractivity contribution in [2.75, 3.05) is 4.90 Å². The summed E-state index contributed by atoms with van der Waals surface area (Å²) < 4.78 is 10.1. The summed E-state index contributed by atoms with van der Waals surface area (Å²) in [7, 11) is 0. The van der Waals surface area contributed by atoms with E-state index < -0.39 is 0 Å². The second-order valence-corrected chi connectivity index (χ2v) is 9.85. The van der Waals surface area contributed by atoms with E-state index in [-0.39, 0.29) is 5.75 Å². The quantitative estimate of drug-likeness (QED) is 0.163. The molecule has 10 heteroatoms. The second-order valence-electron chi connectivity index (χ2n) is 8.79. The molecule has 9 nitrogen and oxygen atoms in total. The van der Waals surface area contributed by atoms with Crippen molar-refractivity contribution < 1.29 is 19.1 Å². The minimum Gasteiger partial charge on any atom is -0.429 e. The van der Waals surface area contributed by atoms with Gasteiger partial charge < -0.3 is 14.4 Å². The number of aromatic nitrogens is 4. The molecular weight excluding hydrogens is 550 g/mol. The molecule has 0 fully saturated rings. The molecule has 0 saturated heterocycles. The highest BCUT2D eigenvalue weighted by molar-refractivity contribution is 7.19. The van der Waals surface area contributed by atoms with E-state index in [1.54, 1.807) is 41.8 Å². The summed E-state index contributed by atoms with van der Waals surface area (Å²) in [5.74, 6) is 0.873. The molecule has 0 radical (unpaired) electrons. The summed E-state index contributed by atoms with van der Waals surface area (Å²) in [6.45, 7) is 0.663. The number of nitrogens with zero attached hydrogens (tertiary/aromatic N) is 5. The van der Waals surface area contributed by atoms with Gasteiger partial charge in [-0.2, -0.15) is 0 Å². The first-order valence-electron chi connectivity index (χ1n) is 12.7. The van der Waals surface area contributed by atoms with Crippen LogP contribution in [0.4, 0.5) is 16.4 Å². The van der Waals surface area contributed by atoms with Crippen LogP contribution in [0.5, 0.6) is 11.5 Å². The molecule has 6 rings (SSSR count). The van der Waals surface area contributed by atoms with Gasteiger partial charge in [-0.05, 0) is 48.5 Å². The normalized spacial score (nSPS) is 10.6. The molecule has 0 atom stereocenters. The van der Waals surface area contributed by atoms with E-state index in [0.29, 0.717) is 47.3 Å². The molecule has 0 bridgehead atoms. The Labute approximate surface area is 244 Å². The van der Waals surface area contributed by atoms with Crippen LogP contribution in [0.1, 0.15) is 0 Å². The molecule has 0 aliphatic heterocycles. The Morgan fingerprint density at radius 2 is 1.24 bits per heavy atom. The fraction of sp³-hybridized carbons (Fsp3) is 0. The van der Waals surface area contributed by atoms with Crippen LogP contribution in [-0.4, -0.2) is 32.9 Å². The highest BCUT2D eigenvalue weighted by Crippen LogP contribution is 2.41. The van der Waals surface area contributed by atoms with Crippen LogP contribution in [0.3, 0.4) is 0 Å². The minimum absolute atomic E-state index is 0.238. The number of carbonyl (C=O) groups excluding carboxylic acids is 2. The minimum atomic E-state index is 0.238. The maximum Gasteiger partial charge on any atom is 0.298 e. The Morgan fingerprint density at radius 3 is 1.95 bits per heavy atom. The van der Waals surface area contributed by atoms with Crippen molar-refractivity contribution in [3.8, 4) is 45.0 Å². The monoisotopic (exact) mass is 571 g/mol. The van der Waals surface area contributed by atoms with E-state index in [0.717, 1.165) is 21.3 Å².